The van der Waals surface area contributed by atoms with Crippen molar-refractivity contribution in [2.24, 2.45) is 5.92 Å². The number of benzene rings is 2. The van der Waals surface area contributed by atoms with Crippen molar-refractivity contribution in [1.82, 2.24) is 5.32 Å². The molecule has 0 saturated carbocycles. The fraction of sp³-hybridized carbons (Fsp3) is 0.167. The molecule has 0 spiro atoms. The van der Waals surface area contributed by atoms with Crippen LogP contribution >= 0.6 is 15.9 Å². The normalized spacial score (nSPS) is 19.7. The van der Waals surface area contributed by atoms with Gasteiger partial charge in [-0.1, -0.05) is 46.3 Å². The second-order valence-electron chi connectivity index (χ2n) is 5.86. The zero-order chi connectivity index (χ0) is 18.8. The number of nitrogens with one attached hydrogen (secondary N) is 1. The molecule has 0 bridgehead atoms. The SMILES string of the molecule is O=C1CC(c2ccccc2)NC(=O)C1C(=O)c1ccc(Br)cc1[N+](=O)[O-]. The minimum absolute atomic E-state index is 0.0452. The first-order valence-electron chi connectivity index (χ1n) is 7.74. The van der Waals surface area contributed by atoms with Crippen molar-refractivity contribution in [3.05, 3.63) is 74.2 Å². The van der Waals surface area contributed by atoms with E-state index in [4.69, 9.17) is 0 Å². The molecule has 1 N–H and O–H groups in total. The molecule has 8 heteroatoms. The number of rotatable bonds is 4. The van der Waals surface area contributed by atoms with Crippen LogP contribution in [-0.2, 0) is 9.59 Å². The van der Waals surface area contributed by atoms with Crippen LogP contribution in [0.3, 0.4) is 0 Å². The Morgan fingerprint density at radius 1 is 1.15 bits per heavy atom. The van der Waals surface area contributed by atoms with Crippen LogP contribution in [0.5, 0.6) is 0 Å². The van der Waals surface area contributed by atoms with E-state index in [1.165, 1.54) is 18.2 Å². The number of carbonyl (C=O) groups excluding carboxylic acids is 3. The van der Waals surface area contributed by atoms with Crippen molar-refractivity contribution in [3.8, 4) is 0 Å². The van der Waals surface area contributed by atoms with Gasteiger partial charge in [-0.05, 0) is 17.7 Å². The molecule has 2 aromatic rings. The number of piperidine rings is 1. The molecule has 1 heterocycles. The Bertz CT molecular complexity index is 895. The van der Waals surface area contributed by atoms with E-state index >= 15 is 0 Å². The van der Waals surface area contributed by atoms with Crippen molar-refractivity contribution in [2.45, 2.75) is 12.5 Å². The van der Waals surface area contributed by atoms with Gasteiger partial charge in [0.25, 0.3) is 5.69 Å². The lowest BCUT2D eigenvalue weighted by molar-refractivity contribution is -0.385. The second-order valence-corrected chi connectivity index (χ2v) is 6.77. The first-order chi connectivity index (χ1) is 12.4. The predicted molar refractivity (Wildman–Crippen MR) is 95.6 cm³/mol. The van der Waals surface area contributed by atoms with Gasteiger partial charge in [-0.25, -0.2) is 0 Å². The highest BCUT2D eigenvalue weighted by Crippen LogP contribution is 2.30. The molecule has 0 aliphatic carbocycles. The van der Waals surface area contributed by atoms with E-state index in [-0.39, 0.29) is 12.0 Å². The third-order valence-corrected chi connectivity index (χ3v) is 4.69. The number of nitro benzene ring substituents is 1. The second kappa shape index (κ2) is 7.17. The fourth-order valence-electron chi connectivity index (χ4n) is 2.94. The predicted octanol–water partition coefficient (Wildman–Crippen LogP) is 2.99. The van der Waals surface area contributed by atoms with E-state index in [2.05, 4.69) is 21.2 Å². The van der Waals surface area contributed by atoms with Gasteiger partial charge in [-0.15, -0.1) is 0 Å². The maximum Gasteiger partial charge on any atom is 0.281 e. The molecule has 1 aliphatic rings. The summed E-state index contributed by atoms with van der Waals surface area (Å²) in [6.07, 6.45) is -0.0452. The van der Waals surface area contributed by atoms with Crippen LogP contribution in [0, 0.1) is 16.0 Å². The average molecular weight is 417 g/mol. The number of amides is 1. The molecule has 1 fully saturated rings. The molecular weight excluding hydrogens is 404 g/mol. The number of Topliss-reactive ketones (excluding diaryl/α,β-unsaturated/α-hetero) is 2. The van der Waals surface area contributed by atoms with Crippen LogP contribution in [0.15, 0.2) is 53.0 Å². The first-order valence-corrected chi connectivity index (χ1v) is 8.54. The van der Waals surface area contributed by atoms with Crippen LogP contribution in [0.4, 0.5) is 5.69 Å². The summed E-state index contributed by atoms with van der Waals surface area (Å²) in [6, 6.07) is 12.3. The highest BCUT2D eigenvalue weighted by molar-refractivity contribution is 9.10. The standard InChI is InChI=1S/C18H13BrN2O5/c19-11-6-7-12(14(8-11)21(25)26)17(23)16-15(22)9-13(20-18(16)24)10-4-2-1-3-5-10/h1-8,13,16H,9H2,(H,20,24). The van der Waals surface area contributed by atoms with Crippen LogP contribution < -0.4 is 5.32 Å². The summed E-state index contributed by atoms with van der Waals surface area (Å²) in [6.45, 7) is 0. The summed E-state index contributed by atoms with van der Waals surface area (Å²) in [5, 5.41) is 13.9. The highest BCUT2D eigenvalue weighted by Gasteiger charge is 2.42. The summed E-state index contributed by atoms with van der Waals surface area (Å²) in [7, 11) is 0. The molecule has 3 rings (SSSR count). The molecule has 26 heavy (non-hydrogen) atoms. The zero-order valence-corrected chi connectivity index (χ0v) is 14.9. The molecule has 0 radical (unpaired) electrons. The van der Waals surface area contributed by atoms with Gasteiger partial charge in [-0.3, -0.25) is 24.5 Å². The first kappa shape index (κ1) is 17.9. The van der Waals surface area contributed by atoms with Gasteiger partial charge in [0.2, 0.25) is 5.91 Å². The van der Waals surface area contributed by atoms with Crippen molar-refractivity contribution >= 4 is 39.1 Å². The summed E-state index contributed by atoms with van der Waals surface area (Å²) >= 11 is 3.11. The van der Waals surface area contributed by atoms with Crippen LogP contribution in [0.1, 0.15) is 28.4 Å². The Hall–Kier alpha value is -2.87. The summed E-state index contributed by atoms with van der Waals surface area (Å²) in [5.41, 5.74) is 0.0507. The molecule has 132 valence electrons. The molecule has 1 saturated heterocycles. The molecule has 7 nitrogen and oxygen atoms in total. The monoisotopic (exact) mass is 416 g/mol. The number of carbonyl (C=O) groups is 3. The van der Waals surface area contributed by atoms with Gasteiger partial charge in [0.05, 0.1) is 16.5 Å². The van der Waals surface area contributed by atoms with Gasteiger partial charge in [0, 0.05) is 17.0 Å². The molecule has 1 amide bonds. The number of halogens is 1. The van der Waals surface area contributed by atoms with Crippen molar-refractivity contribution < 1.29 is 19.3 Å². The summed E-state index contributed by atoms with van der Waals surface area (Å²) in [5.74, 6) is -3.73. The van der Waals surface area contributed by atoms with E-state index in [0.29, 0.717) is 4.47 Å². The lowest BCUT2D eigenvalue weighted by Crippen LogP contribution is -2.48. The van der Waals surface area contributed by atoms with Gasteiger partial charge in [-0.2, -0.15) is 0 Å². The maximum atomic E-state index is 12.7. The summed E-state index contributed by atoms with van der Waals surface area (Å²) in [4.78, 5) is 48.1. The number of hydrogen-bond acceptors (Lipinski definition) is 5. The van der Waals surface area contributed by atoms with Gasteiger partial charge in [0.15, 0.2) is 17.5 Å². The lowest BCUT2D eigenvalue weighted by atomic mass is 9.84. The third kappa shape index (κ3) is 3.41. The molecule has 1 aliphatic heterocycles. The summed E-state index contributed by atoms with van der Waals surface area (Å²) < 4.78 is 0.421. The molecule has 0 aromatic heterocycles. The zero-order valence-electron chi connectivity index (χ0n) is 13.3. The van der Waals surface area contributed by atoms with Crippen molar-refractivity contribution in [1.29, 1.82) is 0 Å². The van der Waals surface area contributed by atoms with Crippen LogP contribution in [0.2, 0.25) is 0 Å². The van der Waals surface area contributed by atoms with Gasteiger partial charge in [0.1, 0.15) is 0 Å². The number of ketones is 2. The lowest BCUT2D eigenvalue weighted by Gasteiger charge is -2.27. The topological polar surface area (TPSA) is 106 Å². The number of nitrogens with zero attached hydrogens (tertiary/aromatic N) is 1. The Balaban J connectivity index is 1.89. The van der Waals surface area contributed by atoms with E-state index in [1.54, 1.807) is 24.3 Å². The maximum absolute atomic E-state index is 12.7. The van der Waals surface area contributed by atoms with Crippen molar-refractivity contribution in [2.75, 3.05) is 0 Å². The number of hydrogen-bond donors (Lipinski definition) is 1. The molecular formula is C18H13BrN2O5. The quantitative estimate of drug-likeness (QED) is 0.356. The molecule has 2 unspecified atom stereocenters. The van der Waals surface area contributed by atoms with E-state index in [0.717, 1.165) is 5.56 Å². The minimum Gasteiger partial charge on any atom is -0.348 e. The largest absolute Gasteiger partial charge is 0.348 e. The van der Waals surface area contributed by atoms with Gasteiger partial charge >= 0.3 is 0 Å². The van der Waals surface area contributed by atoms with Crippen LogP contribution in [-0.4, -0.2) is 22.4 Å². The van der Waals surface area contributed by atoms with Crippen molar-refractivity contribution in [3.63, 3.8) is 0 Å². The molecule has 2 atom stereocenters. The Kier molecular flexibility index (Phi) is 4.94. The minimum atomic E-state index is -1.57. The highest BCUT2D eigenvalue weighted by atomic mass is 79.9. The fourth-order valence-corrected chi connectivity index (χ4v) is 3.29. The Labute approximate surface area is 156 Å². The van der Waals surface area contributed by atoms with Crippen LogP contribution in [0.25, 0.3) is 0 Å². The van der Waals surface area contributed by atoms with Gasteiger partial charge < -0.3 is 5.32 Å². The van der Waals surface area contributed by atoms with E-state index < -0.39 is 40.0 Å². The third-order valence-electron chi connectivity index (χ3n) is 4.19. The Morgan fingerprint density at radius 3 is 2.46 bits per heavy atom. The average Bonchev–Trinajstić information content (AvgIpc) is 2.61. The molecule has 2 aromatic carbocycles. The smallest absolute Gasteiger partial charge is 0.281 e. The Morgan fingerprint density at radius 2 is 1.85 bits per heavy atom. The van der Waals surface area contributed by atoms with E-state index in [9.17, 15) is 24.5 Å². The van der Waals surface area contributed by atoms with E-state index in [1.807, 2.05) is 6.07 Å². The number of nitro groups is 1.